The minimum atomic E-state index is 0.577. The molecule has 0 aromatic heterocycles. The van der Waals surface area contributed by atoms with Crippen LogP contribution in [0.5, 0.6) is 0 Å². The molecule has 100 valence electrons. The standard InChI is InChI=1S/C15H25N3/c1-11-8-14(16)15(9-12(11)2)18(4)13-6-5-7-17(3)10-13/h8-9,13H,5-7,10,16H2,1-4H3. The van der Waals surface area contributed by atoms with E-state index in [-0.39, 0.29) is 0 Å². The molecule has 1 saturated heterocycles. The Morgan fingerprint density at radius 3 is 2.61 bits per heavy atom. The van der Waals surface area contributed by atoms with Gasteiger partial charge in [0.2, 0.25) is 0 Å². The van der Waals surface area contributed by atoms with Crippen LogP contribution in [0.1, 0.15) is 24.0 Å². The Bertz CT molecular complexity index is 428. The normalized spacial score (nSPS) is 21.0. The number of benzene rings is 1. The van der Waals surface area contributed by atoms with Gasteiger partial charge >= 0.3 is 0 Å². The first-order valence-electron chi connectivity index (χ1n) is 6.77. The number of nitrogen functional groups attached to an aromatic ring is 1. The molecule has 1 heterocycles. The summed E-state index contributed by atoms with van der Waals surface area (Å²) in [6.07, 6.45) is 2.53. The maximum Gasteiger partial charge on any atom is 0.0603 e. The van der Waals surface area contributed by atoms with Crippen LogP contribution in [0.25, 0.3) is 0 Å². The van der Waals surface area contributed by atoms with Crippen molar-refractivity contribution < 1.29 is 0 Å². The lowest BCUT2D eigenvalue weighted by Gasteiger charge is -2.37. The quantitative estimate of drug-likeness (QED) is 0.815. The van der Waals surface area contributed by atoms with Crippen molar-refractivity contribution in [3.8, 4) is 0 Å². The molecule has 1 aromatic carbocycles. The largest absolute Gasteiger partial charge is 0.397 e. The molecule has 0 spiro atoms. The van der Waals surface area contributed by atoms with E-state index in [0.29, 0.717) is 6.04 Å². The first kappa shape index (κ1) is 13.2. The Labute approximate surface area is 111 Å². The lowest BCUT2D eigenvalue weighted by molar-refractivity contribution is 0.248. The Kier molecular flexibility index (Phi) is 3.81. The molecule has 1 aliphatic rings. The van der Waals surface area contributed by atoms with Gasteiger partial charge in [-0.25, -0.2) is 0 Å². The summed E-state index contributed by atoms with van der Waals surface area (Å²) in [7, 11) is 4.37. The molecular formula is C15H25N3. The van der Waals surface area contributed by atoms with E-state index in [1.165, 1.54) is 36.2 Å². The molecule has 0 radical (unpaired) electrons. The molecule has 1 aromatic rings. The van der Waals surface area contributed by atoms with E-state index < -0.39 is 0 Å². The summed E-state index contributed by atoms with van der Waals surface area (Å²) in [5.41, 5.74) is 10.8. The minimum Gasteiger partial charge on any atom is -0.397 e. The van der Waals surface area contributed by atoms with E-state index in [9.17, 15) is 0 Å². The Morgan fingerprint density at radius 2 is 1.94 bits per heavy atom. The summed E-state index contributed by atoms with van der Waals surface area (Å²) in [6.45, 7) is 6.61. The van der Waals surface area contributed by atoms with Crippen LogP contribution in [0, 0.1) is 13.8 Å². The van der Waals surface area contributed by atoms with Gasteiger partial charge in [0.05, 0.1) is 11.4 Å². The van der Waals surface area contributed by atoms with E-state index in [0.717, 1.165) is 12.2 Å². The van der Waals surface area contributed by atoms with Crippen LogP contribution >= 0.6 is 0 Å². The second-order valence-electron chi connectivity index (χ2n) is 5.66. The van der Waals surface area contributed by atoms with Gasteiger partial charge in [0.25, 0.3) is 0 Å². The van der Waals surface area contributed by atoms with Crippen molar-refractivity contribution in [2.75, 3.05) is 37.8 Å². The summed E-state index contributed by atoms with van der Waals surface area (Å²) < 4.78 is 0. The van der Waals surface area contributed by atoms with Crippen LogP contribution in [-0.2, 0) is 0 Å². The summed E-state index contributed by atoms with van der Waals surface area (Å²) in [4.78, 5) is 4.76. The van der Waals surface area contributed by atoms with Gasteiger partial charge in [0, 0.05) is 19.6 Å². The summed E-state index contributed by atoms with van der Waals surface area (Å²) in [6, 6.07) is 4.89. The second-order valence-corrected chi connectivity index (χ2v) is 5.66. The van der Waals surface area contributed by atoms with Crippen LogP contribution < -0.4 is 10.6 Å². The van der Waals surface area contributed by atoms with Crippen molar-refractivity contribution in [1.82, 2.24) is 4.90 Å². The predicted octanol–water partition coefficient (Wildman–Crippen LogP) is 2.42. The number of likely N-dealkylation sites (N-methyl/N-ethyl adjacent to an activating group) is 2. The van der Waals surface area contributed by atoms with Crippen LogP contribution in [0.2, 0.25) is 0 Å². The highest BCUT2D eigenvalue weighted by Crippen LogP contribution is 2.29. The fourth-order valence-electron chi connectivity index (χ4n) is 2.78. The van der Waals surface area contributed by atoms with Gasteiger partial charge in [-0.2, -0.15) is 0 Å². The van der Waals surface area contributed by atoms with Gasteiger partial charge in [-0.05, 0) is 63.5 Å². The van der Waals surface area contributed by atoms with E-state index in [2.05, 4.69) is 49.9 Å². The first-order chi connectivity index (χ1) is 8.49. The molecule has 1 atom stereocenters. The molecular weight excluding hydrogens is 222 g/mol. The van der Waals surface area contributed by atoms with Crippen molar-refractivity contribution in [2.45, 2.75) is 32.7 Å². The maximum atomic E-state index is 6.18. The number of aryl methyl sites for hydroxylation is 2. The monoisotopic (exact) mass is 247 g/mol. The number of anilines is 2. The van der Waals surface area contributed by atoms with Crippen molar-refractivity contribution in [1.29, 1.82) is 0 Å². The number of nitrogens with two attached hydrogens (primary N) is 1. The fraction of sp³-hybridized carbons (Fsp3) is 0.600. The van der Waals surface area contributed by atoms with Crippen LogP contribution in [0.4, 0.5) is 11.4 Å². The molecule has 0 bridgehead atoms. The van der Waals surface area contributed by atoms with Gasteiger partial charge in [0.15, 0.2) is 0 Å². The van der Waals surface area contributed by atoms with Gasteiger partial charge in [0.1, 0.15) is 0 Å². The first-order valence-corrected chi connectivity index (χ1v) is 6.77. The number of likely N-dealkylation sites (tertiary alicyclic amines) is 1. The SMILES string of the molecule is Cc1cc(N)c(N(C)C2CCCN(C)C2)cc1C. The number of rotatable bonds is 2. The molecule has 0 aliphatic carbocycles. The Morgan fingerprint density at radius 1 is 1.28 bits per heavy atom. The smallest absolute Gasteiger partial charge is 0.0603 e. The molecule has 3 nitrogen and oxygen atoms in total. The predicted molar refractivity (Wildman–Crippen MR) is 79.3 cm³/mol. The summed E-state index contributed by atoms with van der Waals surface area (Å²) >= 11 is 0. The third-order valence-corrected chi connectivity index (χ3v) is 4.17. The van der Waals surface area contributed by atoms with E-state index in [1.54, 1.807) is 0 Å². The number of hydrogen-bond donors (Lipinski definition) is 1. The minimum absolute atomic E-state index is 0.577. The number of piperidine rings is 1. The van der Waals surface area contributed by atoms with Crippen LogP contribution in [-0.4, -0.2) is 38.1 Å². The van der Waals surface area contributed by atoms with Gasteiger partial charge < -0.3 is 15.5 Å². The highest BCUT2D eigenvalue weighted by Gasteiger charge is 2.22. The van der Waals surface area contributed by atoms with E-state index in [1.807, 2.05) is 0 Å². The lowest BCUT2D eigenvalue weighted by atomic mass is 10.0. The summed E-state index contributed by atoms with van der Waals surface area (Å²) in [5.74, 6) is 0. The maximum absolute atomic E-state index is 6.18. The molecule has 0 amide bonds. The van der Waals surface area contributed by atoms with Gasteiger partial charge in [-0.15, -0.1) is 0 Å². The van der Waals surface area contributed by atoms with Crippen molar-refractivity contribution in [3.05, 3.63) is 23.3 Å². The third kappa shape index (κ3) is 2.61. The highest BCUT2D eigenvalue weighted by atomic mass is 15.2. The molecule has 2 rings (SSSR count). The topological polar surface area (TPSA) is 32.5 Å². The molecule has 2 N–H and O–H groups in total. The highest BCUT2D eigenvalue weighted by molar-refractivity contribution is 5.70. The lowest BCUT2D eigenvalue weighted by Crippen LogP contribution is -2.45. The zero-order valence-corrected chi connectivity index (χ0v) is 12.0. The average Bonchev–Trinajstić information content (AvgIpc) is 2.33. The zero-order chi connectivity index (χ0) is 13.3. The molecule has 1 aliphatic heterocycles. The van der Waals surface area contributed by atoms with E-state index >= 15 is 0 Å². The average molecular weight is 247 g/mol. The molecule has 1 fully saturated rings. The Balaban J connectivity index is 2.22. The van der Waals surface area contributed by atoms with Gasteiger partial charge in [-0.1, -0.05) is 0 Å². The van der Waals surface area contributed by atoms with Crippen molar-refractivity contribution in [3.63, 3.8) is 0 Å². The molecule has 3 heteroatoms. The third-order valence-electron chi connectivity index (χ3n) is 4.17. The van der Waals surface area contributed by atoms with E-state index in [4.69, 9.17) is 5.73 Å². The van der Waals surface area contributed by atoms with Crippen molar-refractivity contribution >= 4 is 11.4 Å². The second kappa shape index (κ2) is 5.19. The van der Waals surface area contributed by atoms with Crippen molar-refractivity contribution in [2.24, 2.45) is 0 Å². The van der Waals surface area contributed by atoms with Crippen LogP contribution in [0.3, 0.4) is 0 Å². The Hall–Kier alpha value is -1.22. The summed E-state index contributed by atoms with van der Waals surface area (Å²) in [5, 5.41) is 0. The molecule has 0 saturated carbocycles. The zero-order valence-electron chi connectivity index (χ0n) is 12.0. The molecule has 1 unspecified atom stereocenters. The molecule has 18 heavy (non-hydrogen) atoms. The number of hydrogen-bond acceptors (Lipinski definition) is 3. The van der Waals surface area contributed by atoms with Gasteiger partial charge in [-0.3, -0.25) is 0 Å². The fourth-order valence-corrected chi connectivity index (χ4v) is 2.78. The van der Waals surface area contributed by atoms with Crippen LogP contribution in [0.15, 0.2) is 12.1 Å². The number of nitrogens with zero attached hydrogens (tertiary/aromatic N) is 2.